The van der Waals surface area contributed by atoms with Gasteiger partial charge in [0.2, 0.25) is 11.8 Å². The van der Waals surface area contributed by atoms with Gasteiger partial charge in [-0.15, -0.1) is 0 Å². The maximum Gasteiger partial charge on any atom is 0.219 e. The van der Waals surface area contributed by atoms with Gasteiger partial charge in [0.1, 0.15) is 0 Å². The molecule has 2 amide bonds. The molecule has 0 aliphatic carbocycles. The molecule has 1 aliphatic heterocycles. The quantitative estimate of drug-likeness (QED) is 0.685. The van der Waals surface area contributed by atoms with Gasteiger partial charge in [0, 0.05) is 40.5 Å². The Morgan fingerprint density at radius 2 is 1.35 bits per heavy atom. The van der Waals surface area contributed by atoms with Crippen molar-refractivity contribution in [3.63, 3.8) is 0 Å². The van der Waals surface area contributed by atoms with Gasteiger partial charge in [0.25, 0.3) is 0 Å². The molecule has 2 atom stereocenters. The summed E-state index contributed by atoms with van der Waals surface area (Å²) in [6.45, 7) is 16.4. The SMILES string of the molecule is CC.CC.CC(=O)N(C)C.CC(=O)N1CC(C)CC1C. The molecule has 0 aromatic heterocycles. The van der Waals surface area contributed by atoms with E-state index in [9.17, 15) is 9.59 Å². The van der Waals surface area contributed by atoms with Crippen molar-refractivity contribution in [2.45, 2.75) is 67.9 Å². The Balaban J connectivity index is -0.000000250. The molecule has 0 bridgehead atoms. The number of carbonyl (C=O) groups is 2. The molecule has 1 saturated heterocycles. The monoisotopic (exact) mass is 288 g/mol. The zero-order valence-electron chi connectivity index (χ0n) is 15.3. The van der Waals surface area contributed by atoms with Crippen LogP contribution < -0.4 is 0 Å². The maximum absolute atomic E-state index is 10.9. The highest BCUT2D eigenvalue weighted by Crippen LogP contribution is 2.21. The van der Waals surface area contributed by atoms with E-state index in [1.54, 1.807) is 21.0 Å². The third kappa shape index (κ3) is 12.0. The van der Waals surface area contributed by atoms with Gasteiger partial charge in [-0.25, -0.2) is 0 Å². The van der Waals surface area contributed by atoms with Gasteiger partial charge < -0.3 is 9.80 Å². The zero-order chi connectivity index (χ0) is 16.9. The Morgan fingerprint density at radius 3 is 1.45 bits per heavy atom. The lowest BCUT2D eigenvalue weighted by Gasteiger charge is -2.18. The molecule has 1 fully saturated rings. The lowest BCUT2D eigenvalue weighted by molar-refractivity contribution is -0.129. The van der Waals surface area contributed by atoms with Crippen molar-refractivity contribution in [3.8, 4) is 0 Å². The van der Waals surface area contributed by atoms with Crippen LogP contribution in [0.4, 0.5) is 0 Å². The van der Waals surface area contributed by atoms with E-state index in [0.717, 1.165) is 6.54 Å². The maximum atomic E-state index is 10.9. The molecule has 0 aromatic rings. The van der Waals surface area contributed by atoms with Crippen LogP contribution in [-0.4, -0.2) is 48.3 Å². The van der Waals surface area contributed by atoms with E-state index >= 15 is 0 Å². The molecule has 1 rings (SSSR count). The average molecular weight is 288 g/mol. The number of nitrogens with zero attached hydrogens (tertiary/aromatic N) is 2. The van der Waals surface area contributed by atoms with Crippen molar-refractivity contribution in [2.24, 2.45) is 5.92 Å². The molecular weight excluding hydrogens is 252 g/mol. The van der Waals surface area contributed by atoms with Gasteiger partial charge in [-0.1, -0.05) is 34.6 Å². The van der Waals surface area contributed by atoms with Crippen LogP contribution in [-0.2, 0) is 9.59 Å². The van der Waals surface area contributed by atoms with Gasteiger partial charge >= 0.3 is 0 Å². The molecule has 0 spiro atoms. The highest BCUT2D eigenvalue weighted by Gasteiger charge is 2.27. The van der Waals surface area contributed by atoms with Crippen molar-refractivity contribution < 1.29 is 9.59 Å². The third-order valence-electron chi connectivity index (χ3n) is 2.82. The molecule has 0 radical (unpaired) electrons. The lowest BCUT2D eigenvalue weighted by atomic mass is 10.1. The van der Waals surface area contributed by atoms with Crippen LogP contribution in [0.3, 0.4) is 0 Å². The third-order valence-corrected chi connectivity index (χ3v) is 2.82. The molecule has 122 valence electrons. The number of carbonyl (C=O) groups excluding carboxylic acids is 2. The zero-order valence-corrected chi connectivity index (χ0v) is 15.3. The molecule has 0 N–H and O–H groups in total. The largest absolute Gasteiger partial charge is 0.349 e. The number of amides is 2. The second-order valence-electron chi connectivity index (χ2n) is 4.77. The topological polar surface area (TPSA) is 40.6 Å². The minimum absolute atomic E-state index is 0.0926. The van der Waals surface area contributed by atoms with Gasteiger partial charge in [0.05, 0.1) is 0 Å². The first-order valence-electron chi connectivity index (χ1n) is 7.70. The average Bonchev–Trinajstić information content (AvgIpc) is 2.74. The summed E-state index contributed by atoms with van der Waals surface area (Å²) < 4.78 is 0. The highest BCUT2D eigenvalue weighted by molar-refractivity contribution is 5.73. The molecule has 4 nitrogen and oxygen atoms in total. The van der Waals surface area contributed by atoms with E-state index in [2.05, 4.69) is 13.8 Å². The van der Waals surface area contributed by atoms with E-state index in [1.165, 1.54) is 18.2 Å². The van der Waals surface area contributed by atoms with Crippen LogP contribution in [0.1, 0.15) is 61.8 Å². The van der Waals surface area contributed by atoms with E-state index in [1.807, 2.05) is 32.6 Å². The first kappa shape index (κ1) is 24.0. The van der Waals surface area contributed by atoms with Crippen molar-refractivity contribution in [1.29, 1.82) is 0 Å². The van der Waals surface area contributed by atoms with Gasteiger partial charge in [-0.3, -0.25) is 9.59 Å². The van der Waals surface area contributed by atoms with Crippen LogP contribution in [0.15, 0.2) is 0 Å². The molecule has 1 aliphatic rings. The second kappa shape index (κ2) is 14.4. The van der Waals surface area contributed by atoms with Gasteiger partial charge in [0.15, 0.2) is 0 Å². The number of likely N-dealkylation sites (tertiary alicyclic amines) is 1. The van der Waals surface area contributed by atoms with Crippen LogP contribution in [0, 0.1) is 5.92 Å². The summed E-state index contributed by atoms with van der Waals surface area (Å²) >= 11 is 0. The molecule has 2 unspecified atom stereocenters. The predicted molar refractivity (Wildman–Crippen MR) is 87.7 cm³/mol. The van der Waals surface area contributed by atoms with Gasteiger partial charge in [-0.05, 0) is 19.3 Å². The molecule has 0 saturated carbocycles. The summed E-state index contributed by atoms with van der Waals surface area (Å²) in [5.74, 6) is 1.01. The summed E-state index contributed by atoms with van der Waals surface area (Å²) in [6, 6.07) is 0.465. The molecule has 1 heterocycles. The Morgan fingerprint density at radius 1 is 1.00 bits per heavy atom. The Labute approximate surface area is 126 Å². The molecule has 0 aromatic carbocycles. The van der Waals surface area contributed by atoms with Crippen LogP contribution in [0.5, 0.6) is 0 Å². The van der Waals surface area contributed by atoms with E-state index in [4.69, 9.17) is 0 Å². The fourth-order valence-electron chi connectivity index (χ4n) is 1.74. The smallest absolute Gasteiger partial charge is 0.219 e. The summed E-state index contributed by atoms with van der Waals surface area (Å²) in [5, 5.41) is 0. The second-order valence-corrected chi connectivity index (χ2v) is 4.77. The number of rotatable bonds is 0. The summed E-state index contributed by atoms with van der Waals surface area (Å²) in [7, 11) is 3.45. The van der Waals surface area contributed by atoms with E-state index in [-0.39, 0.29) is 11.8 Å². The van der Waals surface area contributed by atoms with Gasteiger partial charge in [-0.2, -0.15) is 0 Å². The predicted octanol–water partition coefficient (Wildman–Crippen LogP) is 3.41. The van der Waals surface area contributed by atoms with Crippen molar-refractivity contribution >= 4 is 11.8 Å². The summed E-state index contributed by atoms with van der Waals surface area (Å²) in [5.41, 5.74) is 0. The number of hydrogen-bond donors (Lipinski definition) is 0. The highest BCUT2D eigenvalue weighted by atomic mass is 16.2. The number of hydrogen-bond acceptors (Lipinski definition) is 2. The Kier molecular flexibility index (Phi) is 17.2. The minimum Gasteiger partial charge on any atom is -0.349 e. The van der Waals surface area contributed by atoms with Crippen molar-refractivity contribution in [2.75, 3.05) is 20.6 Å². The standard InChI is InChI=1S/C8H15NO.C4H9NO.2C2H6/c1-6-4-7(2)9(5-6)8(3)10;1-4(6)5(2)3;2*1-2/h6-7H,4-5H2,1-3H3;1-3H3;2*1-2H3. The summed E-state index contributed by atoms with van der Waals surface area (Å²) in [4.78, 5) is 24.5. The van der Waals surface area contributed by atoms with E-state index < -0.39 is 0 Å². The molecule has 4 heteroatoms. The first-order chi connectivity index (χ1) is 9.25. The van der Waals surface area contributed by atoms with Crippen LogP contribution in [0.25, 0.3) is 0 Å². The lowest BCUT2D eigenvalue weighted by Crippen LogP contribution is -2.31. The van der Waals surface area contributed by atoms with Crippen molar-refractivity contribution in [1.82, 2.24) is 9.80 Å². The van der Waals surface area contributed by atoms with E-state index in [0.29, 0.717) is 12.0 Å². The van der Waals surface area contributed by atoms with Crippen molar-refractivity contribution in [3.05, 3.63) is 0 Å². The molecule has 20 heavy (non-hydrogen) atoms. The minimum atomic E-state index is 0.0926. The Hall–Kier alpha value is -1.06. The fourth-order valence-corrected chi connectivity index (χ4v) is 1.74. The fraction of sp³-hybridized carbons (Fsp3) is 0.875. The molecular formula is C16H36N2O2. The first-order valence-corrected chi connectivity index (χ1v) is 7.70. The Bertz CT molecular complexity index is 253. The van der Waals surface area contributed by atoms with Crippen LogP contribution >= 0.6 is 0 Å². The normalized spacial score (nSPS) is 19.4. The van der Waals surface area contributed by atoms with Crippen LogP contribution in [0.2, 0.25) is 0 Å². The summed E-state index contributed by atoms with van der Waals surface area (Å²) in [6.07, 6.45) is 1.17.